The van der Waals surface area contributed by atoms with Crippen LogP contribution in [0.25, 0.3) is 0 Å². The van der Waals surface area contributed by atoms with Crippen LogP contribution in [0, 0.1) is 13.8 Å². The molecule has 3 rings (SSSR count). The second-order valence-corrected chi connectivity index (χ2v) is 7.45. The Bertz CT molecular complexity index is 893. The van der Waals surface area contributed by atoms with Gasteiger partial charge < -0.3 is 10.1 Å². The predicted octanol–water partition coefficient (Wildman–Crippen LogP) is 1.98. The van der Waals surface area contributed by atoms with Gasteiger partial charge in [0.2, 0.25) is 10.0 Å². The normalized spacial score (nSPS) is 16.9. The monoisotopic (exact) mass is 346 g/mol. The molecule has 0 aliphatic carbocycles. The minimum absolute atomic E-state index is 0.143. The fraction of sp³-hybridized carbons (Fsp3) is 0.235. The number of carbonyl (C=O) groups is 1. The summed E-state index contributed by atoms with van der Waals surface area (Å²) >= 11 is 0. The Labute approximate surface area is 140 Å². The lowest BCUT2D eigenvalue weighted by molar-refractivity contribution is -0.123. The highest BCUT2D eigenvalue weighted by atomic mass is 32.2. The number of carbonyl (C=O) groups excluding carboxylic acids is 1. The molecule has 7 heteroatoms. The molecule has 1 aliphatic rings. The van der Waals surface area contributed by atoms with Gasteiger partial charge >= 0.3 is 0 Å². The number of hydrogen-bond donors (Lipinski definition) is 2. The van der Waals surface area contributed by atoms with Crippen LogP contribution in [0.4, 0.5) is 5.69 Å². The summed E-state index contributed by atoms with van der Waals surface area (Å²) < 4.78 is 33.0. The Morgan fingerprint density at radius 3 is 2.67 bits per heavy atom. The van der Waals surface area contributed by atoms with E-state index in [1.165, 1.54) is 0 Å². The first-order valence-electron chi connectivity index (χ1n) is 7.50. The molecular formula is C17H18N2O4S. The zero-order chi connectivity index (χ0) is 17.3. The summed E-state index contributed by atoms with van der Waals surface area (Å²) in [7, 11) is -3.72. The highest BCUT2D eigenvalue weighted by Gasteiger charge is 2.29. The van der Waals surface area contributed by atoms with Crippen LogP contribution in [0.2, 0.25) is 0 Å². The van der Waals surface area contributed by atoms with Crippen LogP contribution >= 0.6 is 0 Å². The summed E-state index contributed by atoms with van der Waals surface area (Å²) in [6.45, 7) is 3.49. The Morgan fingerprint density at radius 1 is 1.17 bits per heavy atom. The number of hydrogen-bond acceptors (Lipinski definition) is 4. The third-order valence-electron chi connectivity index (χ3n) is 3.79. The molecule has 2 aromatic carbocycles. The van der Waals surface area contributed by atoms with Crippen LogP contribution in [0.1, 0.15) is 11.1 Å². The minimum Gasteiger partial charge on any atom is -0.477 e. The average Bonchev–Trinajstić information content (AvgIpc) is 2.52. The largest absolute Gasteiger partial charge is 0.477 e. The van der Waals surface area contributed by atoms with Gasteiger partial charge in [0.05, 0.1) is 17.1 Å². The number of anilines is 1. The van der Waals surface area contributed by atoms with E-state index in [0.29, 0.717) is 17.0 Å². The lowest BCUT2D eigenvalue weighted by Gasteiger charge is -2.25. The summed E-state index contributed by atoms with van der Waals surface area (Å²) in [5, 5.41) is 2.71. The van der Waals surface area contributed by atoms with Crippen molar-refractivity contribution in [3.05, 3.63) is 53.6 Å². The second-order valence-electron chi connectivity index (χ2n) is 5.71. The first-order valence-corrected chi connectivity index (χ1v) is 8.98. The molecule has 2 aromatic rings. The maximum atomic E-state index is 12.5. The molecule has 0 aromatic heterocycles. The van der Waals surface area contributed by atoms with E-state index in [4.69, 9.17) is 4.74 Å². The zero-order valence-electron chi connectivity index (χ0n) is 13.4. The Morgan fingerprint density at radius 2 is 1.92 bits per heavy atom. The molecule has 0 saturated carbocycles. The molecule has 1 amide bonds. The van der Waals surface area contributed by atoms with Crippen molar-refractivity contribution in [3.8, 4) is 5.75 Å². The molecule has 1 unspecified atom stereocenters. The number of sulfonamides is 1. The molecule has 0 bridgehead atoms. The first kappa shape index (κ1) is 16.5. The van der Waals surface area contributed by atoms with E-state index >= 15 is 0 Å². The second kappa shape index (κ2) is 6.26. The van der Waals surface area contributed by atoms with E-state index in [0.717, 1.165) is 5.56 Å². The van der Waals surface area contributed by atoms with Crippen LogP contribution in [-0.2, 0) is 14.8 Å². The SMILES string of the molecule is Cc1ccc(S(=O)(=O)NCC2Oc3ccccc3NC2=O)c(C)c1. The van der Waals surface area contributed by atoms with Crippen molar-refractivity contribution in [2.24, 2.45) is 0 Å². The Kier molecular flexibility index (Phi) is 4.29. The van der Waals surface area contributed by atoms with E-state index in [-0.39, 0.29) is 17.3 Å². The van der Waals surface area contributed by atoms with E-state index in [9.17, 15) is 13.2 Å². The van der Waals surface area contributed by atoms with E-state index in [1.807, 2.05) is 6.92 Å². The first-order chi connectivity index (χ1) is 11.4. The van der Waals surface area contributed by atoms with Gasteiger partial charge in [-0.1, -0.05) is 29.8 Å². The van der Waals surface area contributed by atoms with Gasteiger partial charge in [0.1, 0.15) is 5.75 Å². The molecule has 0 saturated heterocycles. The van der Waals surface area contributed by atoms with Crippen molar-refractivity contribution in [3.63, 3.8) is 0 Å². The van der Waals surface area contributed by atoms with Crippen molar-refractivity contribution >= 4 is 21.6 Å². The van der Waals surface area contributed by atoms with Crippen molar-refractivity contribution in [2.75, 3.05) is 11.9 Å². The lowest BCUT2D eigenvalue weighted by Crippen LogP contribution is -2.45. The van der Waals surface area contributed by atoms with Crippen LogP contribution < -0.4 is 14.8 Å². The van der Waals surface area contributed by atoms with Gasteiger partial charge in [-0.15, -0.1) is 0 Å². The lowest BCUT2D eigenvalue weighted by atomic mass is 10.2. The molecule has 2 N–H and O–H groups in total. The molecular weight excluding hydrogens is 328 g/mol. The fourth-order valence-electron chi connectivity index (χ4n) is 2.59. The van der Waals surface area contributed by atoms with Crippen molar-refractivity contribution < 1.29 is 17.9 Å². The number of rotatable bonds is 4. The molecule has 0 fully saturated rings. The van der Waals surface area contributed by atoms with Gasteiger partial charge in [-0.3, -0.25) is 4.79 Å². The van der Waals surface area contributed by atoms with Crippen LogP contribution in [0.3, 0.4) is 0 Å². The summed E-state index contributed by atoms with van der Waals surface area (Å²) in [5.74, 6) is 0.143. The van der Waals surface area contributed by atoms with Gasteiger partial charge in [0.15, 0.2) is 6.10 Å². The molecule has 24 heavy (non-hydrogen) atoms. The minimum atomic E-state index is -3.72. The van der Waals surface area contributed by atoms with Gasteiger partial charge in [-0.25, -0.2) is 13.1 Å². The van der Waals surface area contributed by atoms with Gasteiger partial charge in [-0.2, -0.15) is 0 Å². The standard InChI is InChI=1S/C17H18N2O4S/c1-11-7-8-16(12(2)9-11)24(21,22)18-10-15-17(20)19-13-5-3-4-6-14(13)23-15/h3-9,15,18H,10H2,1-2H3,(H,19,20). The van der Waals surface area contributed by atoms with Crippen LogP contribution in [0.15, 0.2) is 47.4 Å². The number of para-hydroxylation sites is 2. The third kappa shape index (κ3) is 3.27. The average molecular weight is 346 g/mol. The molecule has 0 radical (unpaired) electrons. The summed E-state index contributed by atoms with van der Waals surface area (Å²) in [4.78, 5) is 12.2. The zero-order valence-corrected chi connectivity index (χ0v) is 14.2. The fourth-order valence-corrected chi connectivity index (χ4v) is 3.85. The maximum Gasteiger partial charge on any atom is 0.266 e. The quantitative estimate of drug-likeness (QED) is 0.887. The molecule has 1 aliphatic heterocycles. The Hall–Kier alpha value is -2.38. The summed E-state index contributed by atoms with van der Waals surface area (Å²) in [5.41, 5.74) is 2.22. The van der Waals surface area contributed by atoms with Crippen molar-refractivity contribution in [1.29, 1.82) is 0 Å². The summed E-state index contributed by atoms with van der Waals surface area (Å²) in [6, 6.07) is 12.1. The Balaban J connectivity index is 1.74. The van der Waals surface area contributed by atoms with Crippen molar-refractivity contribution in [2.45, 2.75) is 24.8 Å². The van der Waals surface area contributed by atoms with E-state index in [2.05, 4.69) is 10.0 Å². The number of nitrogens with one attached hydrogen (secondary N) is 2. The highest BCUT2D eigenvalue weighted by Crippen LogP contribution is 2.28. The third-order valence-corrected chi connectivity index (χ3v) is 5.37. The molecule has 6 nitrogen and oxygen atoms in total. The number of amides is 1. The van der Waals surface area contributed by atoms with E-state index < -0.39 is 16.1 Å². The summed E-state index contributed by atoms with van der Waals surface area (Å²) in [6.07, 6.45) is -0.916. The predicted molar refractivity (Wildman–Crippen MR) is 90.6 cm³/mol. The van der Waals surface area contributed by atoms with E-state index in [1.54, 1.807) is 49.4 Å². The van der Waals surface area contributed by atoms with Gasteiger partial charge in [0, 0.05) is 0 Å². The molecule has 126 valence electrons. The molecule has 1 heterocycles. The molecule has 1 atom stereocenters. The highest BCUT2D eigenvalue weighted by molar-refractivity contribution is 7.89. The van der Waals surface area contributed by atoms with Gasteiger partial charge in [0.25, 0.3) is 5.91 Å². The smallest absolute Gasteiger partial charge is 0.266 e. The van der Waals surface area contributed by atoms with Crippen LogP contribution in [-0.4, -0.2) is 27.0 Å². The number of aryl methyl sites for hydroxylation is 2. The number of benzene rings is 2. The number of fused-ring (bicyclic) bond motifs is 1. The topological polar surface area (TPSA) is 84.5 Å². The maximum absolute atomic E-state index is 12.5. The van der Waals surface area contributed by atoms with Crippen LogP contribution in [0.5, 0.6) is 5.75 Å². The van der Waals surface area contributed by atoms with Gasteiger partial charge in [-0.05, 0) is 37.6 Å². The van der Waals surface area contributed by atoms with Crippen molar-refractivity contribution in [1.82, 2.24) is 4.72 Å². The molecule has 0 spiro atoms. The number of ether oxygens (including phenoxy) is 1.